The van der Waals surface area contributed by atoms with Crippen molar-refractivity contribution in [3.05, 3.63) is 35.7 Å². The molecular weight excluding hydrogens is 272 g/mol. The van der Waals surface area contributed by atoms with E-state index in [2.05, 4.69) is 4.98 Å². The summed E-state index contributed by atoms with van der Waals surface area (Å²) in [5.74, 6) is 1.61. The highest BCUT2D eigenvalue weighted by atomic mass is 19.3. The van der Waals surface area contributed by atoms with Gasteiger partial charge in [-0.05, 0) is 19.9 Å². The Labute approximate surface area is 123 Å². The van der Waals surface area contributed by atoms with Gasteiger partial charge in [0.05, 0.1) is 0 Å². The molecule has 2 rings (SSSR count). The molecule has 0 radical (unpaired) electrons. The lowest BCUT2D eigenvalue weighted by Gasteiger charge is -2.15. The number of alkyl halides is 2. The normalized spacial score (nSPS) is 11.9. The van der Waals surface area contributed by atoms with Crippen molar-refractivity contribution in [2.24, 2.45) is 0 Å². The van der Waals surface area contributed by atoms with E-state index in [4.69, 9.17) is 5.73 Å². The molecular formula is C16H21F2N3. The summed E-state index contributed by atoms with van der Waals surface area (Å²) in [6.45, 7) is 8.15. The van der Waals surface area contributed by atoms with Crippen molar-refractivity contribution in [1.29, 1.82) is 0 Å². The maximum atomic E-state index is 12.8. The number of imidazole rings is 1. The first kappa shape index (κ1) is 15.5. The summed E-state index contributed by atoms with van der Waals surface area (Å²) in [5.41, 5.74) is 7.41. The number of rotatable bonds is 4. The Balaban J connectivity index is 2.59. The number of nitrogen functional groups attached to an aromatic ring is 1. The van der Waals surface area contributed by atoms with Crippen LogP contribution in [0.5, 0.6) is 0 Å². The molecule has 0 unspecified atom stereocenters. The average Bonchev–Trinajstić information content (AvgIpc) is 2.76. The minimum absolute atomic E-state index is 0.0166. The van der Waals surface area contributed by atoms with Crippen LogP contribution >= 0.6 is 0 Å². The predicted octanol–water partition coefficient (Wildman–Crippen LogP) is 4.77. The summed E-state index contributed by atoms with van der Waals surface area (Å²) >= 11 is 0. The molecule has 1 aromatic carbocycles. The van der Waals surface area contributed by atoms with E-state index in [0.717, 1.165) is 5.82 Å². The zero-order valence-corrected chi connectivity index (χ0v) is 12.8. The zero-order valence-electron chi connectivity index (χ0n) is 12.8. The highest BCUT2D eigenvalue weighted by molar-refractivity contribution is 5.71. The highest BCUT2D eigenvalue weighted by Gasteiger charge is 2.20. The molecule has 0 bridgehead atoms. The molecule has 0 aliphatic heterocycles. The van der Waals surface area contributed by atoms with Crippen molar-refractivity contribution in [1.82, 2.24) is 9.55 Å². The van der Waals surface area contributed by atoms with E-state index in [1.165, 1.54) is 12.1 Å². The van der Waals surface area contributed by atoms with Crippen molar-refractivity contribution in [2.45, 2.75) is 46.1 Å². The van der Waals surface area contributed by atoms with Crippen LogP contribution in [-0.4, -0.2) is 9.55 Å². The van der Waals surface area contributed by atoms with Crippen LogP contribution in [0.4, 0.5) is 14.6 Å². The molecule has 0 saturated heterocycles. The standard InChI is InChI=1S/C16H21F2N3/c1-9(2)16-20-13(15(19)21(16)10(3)4)11-6-5-7-12(8-11)14(17)18/h5-10,14H,19H2,1-4H3. The fraction of sp³-hybridized carbons (Fsp3) is 0.438. The van der Waals surface area contributed by atoms with E-state index in [0.29, 0.717) is 17.1 Å². The van der Waals surface area contributed by atoms with Crippen LogP contribution in [0.3, 0.4) is 0 Å². The predicted molar refractivity (Wildman–Crippen MR) is 81.5 cm³/mol. The maximum absolute atomic E-state index is 12.8. The van der Waals surface area contributed by atoms with Gasteiger partial charge in [0.25, 0.3) is 6.43 Å². The molecule has 2 aromatic rings. The van der Waals surface area contributed by atoms with Crippen molar-refractivity contribution >= 4 is 5.82 Å². The largest absolute Gasteiger partial charge is 0.383 e. The Kier molecular flexibility index (Phi) is 4.30. The number of halogens is 2. The number of anilines is 1. The maximum Gasteiger partial charge on any atom is 0.263 e. The van der Waals surface area contributed by atoms with Crippen LogP contribution in [0, 0.1) is 0 Å². The molecule has 0 aliphatic carbocycles. The fourth-order valence-electron chi connectivity index (χ4n) is 2.45. The van der Waals surface area contributed by atoms with Crippen molar-refractivity contribution in [3.63, 3.8) is 0 Å². The Hall–Kier alpha value is -1.91. The van der Waals surface area contributed by atoms with Crippen LogP contribution in [0.25, 0.3) is 11.3 Å². The van der Waals surface area contributed by atoms with Gasteiger partial charge in [-0.25, -0.2) is 13.8 Å². The Morgan fingerprint density at radius 3 is 2.29 bits per heavy atom. The topological polar surface area (TPSA) is 43.8 Å². The van der Waals surface area contributed by atoms with Gasteiger partial charge in [-0.3, -0.25) is 0 Å². The molecule has 0 saturated carbocycles. The van der Waals surface area contributed by atoms with Gasteiger partial charge in [-0.1, -0.05) is 32.0 Å². The SMILES string of the molecule is CC(C)c1nc(-c2cccc(C(F)F)c2)c(N)n1C(C)C. The fourth-order valence-corrected chi connectivity index (χ4v) is 2.45. The molecule has 114 valence electrons. The van der Waals surface area contributed by atoms with E-state index in [-0.39, 0.29) is 17.5 Å². The average molecular weight is 293 g/mol. The number of hydrogen-bond donors (Lipinski definition) is 1. The van der Waals surface area contributed by atoms with Gasteiger partial charge in [-0.2, -0.15) is 0 Å². The minimum Gasteiger partial charge on any atom is -0.383 e. The summed E-state index contributed by atoms with van der Waals surface area (Å²) < 4.78 is 27.7. The van der Waals surface area contributed by atoms with E-state index >= 15 is 0 Å². The van der Waals surface area contributed by atoms with Crippen LogP contribution in [0.15, 0.2) is 24.3 Å². The second kappa shape index (κ2) is 5.84. The smallest absolute Gasteiger partial charge is 0.263 e. The lowest BCUT2D eigenvalue weighted by Crippen LogP contribution is -2.10. The minimum atomic E-state index is -2.50. The Morgan fingerprint density at radius 1 is 1.14 bits per heavy atom. The number of aromatic nitrogens is 2. The number of hydrogen-bond acceptors (Lipinski definition) is 2. The van der Waals surface area contributed by atoms with Gasteiger partial charge < -0.3 is 10.3 Å². The number of nitrogens with two attached hydrogens (primary N) is 1. The van der Waals surface area contributed by atoms with E-state index < -0.39 is 6.43 Å². The second-order valence-electron chi connectivity index (χ2n) is 5.75. The van der Waals surface area contributed by atoms with Crippen molar-refractivity contribution in [3.8, 4) is 11.3 Å². The van der Waals surface area contributed by atoms with Crippen molar-refractivity contribution < 1.29 is 8.78 Å². The highest BCUT2D eigenvalue weighted by Crippen LogP contribution is 2.33. The lowest BCUT2D eigenvalue weighted by atomic mass is 10.1. The molecule has 3 nitrogen and oxygen atoms in total. The Morgan fingerprint density at radius 2 is 1.81 bits per heavy atom. The van der Waals surface area contributed by atoms with E-state index in [9.17, 15) is 8.78 Å². The Bertz CT molecular complexity index is 630. The molecule has 5 heteroatoms. The van der Waals surface area contributed by atoms with Crippen LogP contribution in [-0.2, 0) is 0 Å². The summed E-state index contributed by atoms with van der Waals surface area (Å²) in [6, 6.07) is 6.41. The number of benzene rings is 1. The third-order valence-corrected chi connectivity index (χ3v) is 3.42. The van der Waals surface area contributed by atoms with Gasteiger partial charge in [-0.15, -0.1) is 0 Å². The van der Waals surface area contributed by atoms with Gasteiger partial charge in [0.2, 0.25) is 0 Å². The molecule has 21 heavy (non-hydrogen) atoms. The first-order chi connectivity index (χ1) is 9.82. The van der Waals surface area contributed by atoms with Crippen LogP contribution in [0.1, 0.15) is 57.5 Å². The molecule has 0 aliphatic rings. The monoisotopic (exact) mass is 293 g/mol. The van der Waals surface area contributed by atoms with Crippen LogP contribution < -0.4 is 5.73 Å². The summed E-state index contributed by atoms with van der Waals surface area (Å²) in [6.07, 6.45) is -2.50. The third-order valence-electron chi connectivity index (χ3n) is 3.42. The molecule has 1 heterocycles. The van der Waals surface area contributed by atoms with E-state index in [1.807, 2.05) is 32.3 Å². The molecule has 0 amide bonds. The first-order valence-corrected chi connectivity index (χ1v) is 7.09. The number of nitrogens with zero attached hydrogens (tertiary/aromatic N) is 2. The van der Waals surface area contributed by atoms with Gasteiger partial charge in [0, 0.05) is 23.1 Å². The quantitative estimate of drug-likeness (QED) is 0.882. The first-order valence-electron chi connectivity index (χ1n) is 7.09. The zero-order chi connectivity index (χ0) is 15.7. The molecule has 0 spiro atoms. The molecule has 2 N–H and O–H groups in total. The lowest BCUT2D eigenvalue weighted by molar-refractivity contribution is 0.151. The van der Waals surface area contributed by atoms with Crippen LogP contribution in [0.2, 0.25) is 0 Å². The van der Waals surface area contributed by atoms with Gasteiger partial charge >= 0.3 is 0 Å². The third kappa shape index (κ3) is 2.91. The summed E-state index contributed by atoms with van der Waals surface area (Å²) in [4.78, 5) is 4.59. The molecule has 1 aromatic heterocycles. The molecule has 0 fully saturated rings. The van der Waals surface area contributed by atoms with E-state index in [1.54, 1.807) is 12.1 Å². The summed E-state index contributed by atoms with van der Waals surface area (Å²) in [7, 11) is 0. The summed E-state index contributed by atoms with van der Waals surface area (Å²) in [5, 5.41) is 0. The molecule has 0 atom stereocenters. The van der Waals surface area contributed by atoms with Crippen molar-refractivity contribution in [2.75, 3.05) is 5.73 Å². The van der Waals surface area contributed by atoms with Gasteiger partial charge in [0.15, 0.2) is 0 Å². The second-order valence-corrected chi connectivity index (χ2v) is 5.75. The van der Waals surface area contributed by atoms with Gasteiger partial charge in [0.1, 0.15) is 17.3 Å².